The zero-order valence-electron chi connectivity index (χ0n) is 15.7. The molecule has 1 heterocycles. The molecule has 8 heteroatoms. The number of hydrogen-bond acceptors (Lipinski definition) is 4. The first-order valence-corrected chi connectivity index (χ1v) is 10.5. The van der Waals surface area contributed by atoms with E-state index >= 15 is 0 Å². The van der Waals surface area contributed by atoms with Gasteiger partial charge in [0.1, 0.15) is 0 Å². The number of carbonyl (C=O) groups is 2. The maximum atomic E-state index is 12.7. The highest BCUT2D eigenvalue weighted by atomic mass is 32.2. The van der Waals surface area contributed by atoms with Crippen molar-refractivity contribution in [3.8, 4) is 0 Å². The van der Waals surface area contributed by atoms with Crippen LogP contribution in [-0.4, -0.2) is 55.6 Å². The Hall–Kier alpha value is -2.71. The predicted molar refractivity (Wildman–Crippen MR) is 106 cm³/mol. The number of anilines is 1. The first kappa shape index (κ1) is 20.0. The molecule has 0 bridgehead atoms. The van der Waals surface area contributed by atoms with Crippen molar-refractivity contribution in [2.24, 2.45) is 0 Å². The smallest absolute Gasteiger partial charge is 0.243 e. The van der Waals surface area contributed by atoms with Crippen molar-refractivity contribution < 1.29 is 18.0 Å². The van der Waals surface area contributed by atoms with Crippen LogP contribution in [0, 0.1) is 0 Å². The van der Waals surface area contributed by atoms with E-state index in [0.29, 0.717) is 18.8 Å². The first-order valence-electron chi connectivity index (χ1n) is 9.06. The van der Waals surface area contributed by atoms with Gasteiger partial charge >= 0.3 is 0 Å². The van der Waals surface area contributed by atoms with Crippen LogP contribution in [0.4, 0.5) is 5.69 Å². The molecule has 1 aliphatic heterocycles. The van der Waals surface area contributed by atoms with Crippen LogP contribution in [0.3, 0.4) is 0 Å². The average molecular weight is 401 g/mol. The summed E-state index contributed by atoms with van der Waals surface area (Å²) in [6, 6.07) is 15.5. The average Bonchev–Trinajstić information content (AvgIpc) is 2.70. The topological polar surface area (TPSA) is 86.8 Å². The molecule has 0 atom stereocenters. The Morgan fingerprint density at radius 3 is 2.11 bits per heavy atom. The van der Waals surface area contributed by atoms with Gasteiger partial charge in [-0.3, -0.25) is 9.59 Å². The van der Waals surface area contributed by atoms with Gasteiger partial charge in [0.15, 0.2) is 0 Å². The molecule has 1 aliphatic rings. The van der Waals surface area contributed by atoms with Gasteiger partial charge in [-0.2, -0.15) is 4.31 Å². The Bertz CT molecular complexity index is 935. The summed E-state index contributed by atoms with van der Waals surface area (Å²) in [5.41, 5.74) is 1.53. The minimum Gasteiger partial charge on any atom is -0.340 e. The molecular weight excluding hydrogens is 378 g/mol. The first-order chi connectivity index (χ1) is 13.4. The maximum absolute atomic E-state index is 12.7. The lowest BCUT2D eigenvalue weighted by molar-refractivity contribution is -0.131. The van der Waals surface area contributed by atoms with E-state index in [1.165, 1.54) is 11.2 Å². The van der Waals surface area contributed by atoms with Crippen molar-refractivity contribution in [1.82, 2.24) is 9.21 Å². The quantitative estimate of drug-likeness (QED) is 0.827. The number of benzene rings is 2. The molecule has 0 spiro atoms. The van der Waals surface area contributed by atoms with Crippen molar-refractivity contribution in [2.45, 2.75) is 18.2 Å². The zero-order valence-corrected chi connectivity index (χ0v) is 16.5. The van der Waals surface area contributed by atoms with Crippen LogP contribution in [0.25, 0.3) is 0 Å². The summed E-state index contributed by atoms with van der Waals surface area (Å²) in [7, 11) is -3.52. The Labute approximate surface area is 165 Å². The van der Waals surface area contributed by atoms with E-state index in [9.17, 15) is 18.0 Å². The summed E-state index contributed by atoms with van der Waals surface area (Å²) in [6.45, 7) is 2.74. The van der Waals surface area contributed by atoms with Gasteiger partial charge in [-0.05, 0) is 29.8 Å². The third-order valence-corrected chi connectivity index (χ3v) is 6.51. The molecule has 0 saturated carbocycles. The van der Waals surface area contributed by atoms with E-state index in [1.807, 2.05) is 0 Å². The van der Waals surface area contributed by atoms with Gasteiger partial charge in [-0.1, -0.05) is 30.3 Å². The highest BCUT2D eigenvalue weighted by Gasteiger charge is 2.29. The summed E-state index contributed by atoms with van der Waals surface area (Å²) in [6.07, 6.45) is 0.242. The largest absolute Gasteiger partial charge is 0.340 e. The van der Waals surface area contributed by atoms with Crippen LogP contribution in [0.15, 0.2) is 59.5 Å². The normalized spacial score (nSPS) is 15.2. The number of amides is 2. The number of nitrogens with one attached hydrogen (secondary N) is 1. The van der Waals surface area contributed by atoms with Crippen LogP contribution in [0.5, 0.6) is 0 Å². The fourth-order valence-electron chi connectivity index (χ4n) is 3.12. The maximum Gasteiger partial charge on any atom is 0.243 e. The van der Waals surface area contributed by atoms with Crippen molar-refractivity contribution in [3.05, 3.63) is 60.2 Å². The molecule has 1 fully saturated rings. The van der Waals surface area contributed by atoms with Crippen molar-refractivity contribution in [2.75, 3.05) is 31.5 Å². The van der Waals surface area contributed by atoms with Gasteiger partial charge < -0.3 is 10.2 Å². The van der Waals surface area contributed by atoms with E-state index in [2.05, 4.69) is 5.32 Å². The summed E-state index contributed by atoms with van der Waals surface area (Å²) in [5.74, 6) is -0.184. The van der Waals surface area contributed by atoms with E-state index in [4.69, 9.17) is 0 Å². The third-order valence-electron chi connectivity index (χ3n) is 4.60. The van der Waals surface area contributed by atoms with Gasteiger partial charge in [0.2, 0.25) is 21.8 Å². The van der Waals surface area contributed by atoms with Crippen LogP contribution in [0.1, 0.15) is 12.5 Å². The molecule has 0 aliphatic carbocycles. The van der Waals surface area contributed by atoms with Crippen LogP contribution in [0.2, 0.25) is 0 Å². The van der Waals surface area contributed by atoms with Crippen molar-refractivity contribution in [1.29, 1.82) is 0 Å². The second-order valence-corrected chi connectivity index (χ2v) is 8.59. The molecule has 0 aromatic heterocycles. The second kappa shape index (κ2) is 8.53. The Balaban J connectivity index is 1.56. The summed E-state index contributed by atoms with van der Waals surface area (Å²) >= 11 is 0. The SMILES string of the molecule is CC(=O)Nc1ccc(CC(=O)N2CCN(S(=O)(=O)c3ccccc3)CC2)cc1. The number of carbonyl (C=O) groups excluding carboxylic acids is 2. The molecule has 2 aromatic rings. The molecule has 0 unspecified atom stereocenters. The van der Waals surface area contributed by atoms with Crippen molar-refractivity contribution >= 4 is 27.5 Å². The van der Waals surface area contributed by atoms with Crippen LogP contribution in [-0.2, 0) is 26.0 Å². The van der Waals surface area contributed by atoms with E-state index in [-0.39, 0.29) is 36.2 Å². The second-order valence-electron chi connectivity index (χ2n) is 6.65. The van der Waals surface area contributed by atoms with Gasteiger partial charge in [0.25, 0.3) is 0 Å². The number of hydrogen-bond donors (Lipinski definition) is 1. The molecule has 1 N–H and O–H groups in total. The number of sulfonamides is 1. The van der Waals surface area contributed by atoms with Crippen LogP contribution >= 0.6 is 0 Å². The lowest BCUT2D eigenvalue weighted by Gasteiger charge is -2.34. The lowest BCUT2D eigenvalue weighted by Crippen LogP contribution is -2.50. The standard InChI is InChI=1S/C20H23N3O4S/c1-16(24)21-18-9-7-17(8-10-18)15-20(25)22-11-13-23(14-12-22)28(26,27)19-5-3-2-4-6-19/h2-10H,11-15H2,1H3,(H,21,24). The molecule has 0 radical (unpaired) electrons. The van der Waals surface area contributed by atoms with Gasteiger partial charge in [0.05, 0.1) is 11.3 Å². The highest BCUT2D eigenvalue weighted by Crippen LogP contribution is 2.18. The Morgan fingerprint density at radius 1 is 0.929 bits per heavy atom. The minimum atomic E-state index is -3.52. The molecule has 2 amide bonds. The van der Waals surface area contributed by atoms with E-state index in [1.54, 1.807) is 59.5 Å². The summed E-state index contributed by atoms with van der Waals surface area (Å²) in [5, 5.41) is 2.68. The van der Waals surface area contributed by atoms with Crippen molar-refractivity contribution in [3.63, 3.8) is 0 Å². The highest BCUT2D eigenvalue weighted by molar-refractivity contribution is 7.89. The fraction of sp³-hybridized carbons (Fsp3) is 0.300. The molecule has 1 saturated heterocycles. The minimum absolute atomic E-state index is 0.0379. The Kier molecular flexibility index (Phi) is 6.11. The predicted octanol–water partition coefficient (Wildman–Crippen LogP) is 1.72. The van der Waals surface area contributed by atoms with Gasteiger partial charge in [-0.15, -0.1) is 0 Å². The van der Waals surface area contributed by atoms with E-state index < -0.39 is 10.0 Å². The van der Waals surface area contributed by atoms with Gasteiger partial charge in [0, 0.05) is 38.8 Å². The third kappa shape index (κ3) is 4.76. The Morgan fingerprint density at radius 2 is 1.54 bits per heavy atom. The molecule has 28 heavy (non-hydrogen) atoms. The van der Waals surface area contributed by atoms with Gasteiger partial charge in [-0.25, -0.2) is 8.42 Å². The number of nitrogens with zero attached hydrogens (tertiary/aromatic N) is 2. The fourth-order valence-corrected chi connectivity index (χ4v) is 4.56. The molecular formula is C20H23N3O4S. The van der Waals surface area contributed by atoms with E-state index in [0.717, 1.165) is 5.56 Å². The summed E-state index contributed by atoms with van der Waals surface area (Å²) in [4.78, 5) is 25.6. The summed E-state index contributed by atoms with van der Waals surface area (Å²) < 4.78 is 26.7. The number of rotatable bonds is 5. The molecule has 148 valence electrons. The lowest BCUT2D eigenvalue weighted by atomic mass is 10.1. The molecule has 7 nitrogen and oxygen atoms in total. The van der Waals surface area contributed by atoms with Crippen LogP contribution < -0.4 is 5.32 Å². The zero-order chi connectivity index (χ0) is 20.1. The molecule has 2 aromatic carbocycles. The molecule has 3 rings (SSSR count). The monoisotopic (exact) mass is 401 g/mol. The number of piperazine rings is 1.